The van der Waals surface area contributed by atoms with Crippen LogP contribution in [0.4, 0.5) is 5.69 Å². The van der Waals surface area contributed by atoms with Crippen molar-refractivity contribution in [3.8, 4) is 23.0 Å². The van der Waals surface area contributed by atoms with E-state index in [2.05, 4.69) is 5.32 Å². The predicted octanol–water partition coefficient (Wildman–Crippen LogP) is 5.94. The van der Waals surface area contributed by atoms with Crippen LogP contribution in [0.3, 0.4) is 0 Å². The average Bonchev–Trinajstić information content (AvgIpc) is 2.96. The van der Waals surface area contributed by atoms with Gasteiger partial charge in [-0.1, -0.05) is 18.6 Å². The van der Waals surface area contributed by atoms with Gasteiger partial charge in [0.15, 0.2) is 11.5 Å². The zero-order chi connectivity index (χ0) is 24.7. The number of aryl methyl sites for hydroxylation is 3. The van der Waals surface area contributed by atoms with Crippen molar-refractivity contribution in [1.29, 1.82) is 0 Å². The van der Waals surface area contributed by atoms with Gasteiger partial charge in [0.25, 0.3) is 5.91 Å². The maximum atomic E-state index is 13.7. The number of rotatable bonds is 4. The highest BCUT2D eigenvalue weighted by atomic mass is 32.2. The SMILES string of the molecule is Cc1ccc2c(c1)NC(=O)c1cc(S(=O)(=O)N3CCCCC3)c(Oc3ccc(C)c(C)c3)cc1O2. The van der Waals surface area contributed by atoms with Crippen molar-refractivity contribution in [2.24, 2.45) is 0 Å². The summed E-state index contributed by atoms with van der Waals surface area (Å²) < 4.78 is 41.2. The van der Waals surface area contributed by atoms with E-state index in [0.29, 0.717) is 30.3 Å². The molecule has 0 unspecified atom stereocenters. The number of hydrogen-bond acceptors (Lipinski definition) is 5. The monoisotopic (exact) mass is 492 g/mol. The molecule has 1 amide bonds. The number of nitrogens with zero attached hydrogens (tertiary/aromatic N) is 1. The number of hydrogen-bond donors (Lipinski definition) is 1. The molecule has 182 valence electrons. The van der Waals surface area contributed by atoms with E-state index < -0.39 is 15.9 Å². The number of anilines is 1. The molecule has 35 heavy (non-hydrogen) atoms. The molecule has 0 aliphatic carbocycles. The summed E-state index contributed by atoms with van der Waals surface area (Å²) in [5.74, 6) is 0.920. The number of amides is 1. The van der Waals surface area contributed by atoms with Gasteiger partial charge in [0, 0.05) is 19.2 Å². The molecule has 3 aromatic rings. The van der Waals surface area contributed by atoms with Crippen molar-refractivity contribution in [3.05, 3.63) is 70.8 Å². The maximum Gasteiger partial charge on any atom is 0.259 e. The molecule has 0 spiro atoms. The number of fused-ring (bicyclic) bond motifs is 2. The Labute approximate surface area is 205 Å². The number of piperidine rings is 1. The van der Waals surface area contributed by atoms with Crippen molar-refractivity contribution in [3.63, 3.8) is 0 Å². The zero-order valence-electron chi connectivity index (χ0n) is 20.1. The van der Waals surface area contributed by atoms with Gasteiger partial charge in [-0.15, -0.1) is 0 Å². The van der Waals surface area contributed by atoms with Gasteiger partial charge in [0.05, 0.1) is 11.3 Å². The van der Waals surface area contributed by atoms with Gasteiger partial charge in [-0.05, 0) is 80.6 Å². The van der Waals surface area contributed by atoms with E-state index in [9.17, 15) is 13.2 Å². The van der Waals surface area contributed by atoms with Crippen molar-refractivity contribution in [2.75, 3.05) is 18.4 Å². The van der Waals surface area contributed by atoms with Crippen LogP contribution >= 0.6 is 0 Å². The molecule has 0 saturated carbocycles. The molecular weight excluding hydrogens is 464 g/mol. The van der Waals surface area contributed by atoms with Crippen molar-refractivity contribution >= 4 is 21.6 Å². The van der Waals surface area contributed by atoms with Crippen molar-refractivity contribution in [2.45, 2.75) is 44.9 Å². The van der Waals surface area contributed by atoms with Crippen LogP contribution in [0.2, 0.25) is 0 Å². The highest BCUT2D eigenvalue weighted by Gasteiger charge is 2.33. The first-order valence-corrected chi connectivity index (χ1v) is 13.2. The smallest absolute Gasteiger partial charge is 0.259 e. The highest BCUT2D eigenvalue weighted by molar-refractivity contribution is 7.89. The van der Waals surface area contributed by atoms with E-state index >= 15 is 0 Å². The van der Waals surface area contributed by atoms with Crippen LogP contribution in [-0.4, -0.2) is 31.7 Å². The Morgan fingerprint density at radius 1 is 0.886 bits per heavy atom. The summed E-state index contributed by atoms with van der Waals surface area (Å²) in [6.07, 6.45) is 2.60. The molecule has 2 aliphatic rings. The molecule has 2 aliphatic heterocycles. The topological polar surface area (TPSA) is 84.9 Å². The fourth-order valence-corrected chi connectivity index (χ4v) is 6.01. The molecule has 1 saturated heterocycles. The molecule has 2 heterocycles. The van der Waals surface area contributed by atoms with Gasteiger partial charge in [-0.3, -0.25) is 4.79 Å². The van der Waals surface area contributed by atoms with E-state index in [4.69, 9.17) is 9.47 Å². The van der Waals surface area contributed by atoms with Crippen LogP contribution < -0.4 is 14.8 Å². The van der Waals surface area contributed by atoms with Crippen LogP contribution in [0, 0.1) is 20.8 Å². The van der Waals surface area contributed by atoms with Crippen molar-refractivity contribution in [1.82, 2.24) is 4.31 Å². The summed E-state index contributed by atoms with van der Waals surface area (Å²) >= 11 is 0. The molecule has 1 N–H and O–H groups in total. The third kappa shape index (κ3) is 4.51. The molecular formula is C27H28N2O5S. The fourth-order valence-electron chi connectivity index (χ4n) is 4.37. The Bertz CT molecular complexity index is 1430. The number of nitrogens with one attached hydrogen (secondary N) is 1. The second-order valence-electron chi connectivity index (χ2n) is 9.16. The average molecular weight is 493 g/mol. The number of carbonyl (C=O) groups excluding carboxylic acids is 1. The summed E-state index contributed by atoms with van der Waals surface area (Å²) in [5, 5.41) is 2.85. The minimum absolute atomic E-state index is 0.0442. The van der Waals surface area contributed by atoms with Gasteiger partial charge in [0.2, 0.25) is 10.0 Å². The number of ether oxygens (including phenoxy) is 2. The summed E-state index contributed by atoms with van der Waals surface area (Å²) in [4.78, 5) is 13.1. The first-order chi connectivity index (χ1) is 16.7. The first-order valence-electron chi connectivity index (χ1n) is 11.8. The maximum absolute atomic E-state index is 13.7. The quantitative estimate of drug-likeness (QED) is 0.487. The van der Waals surface area contributed by atoms with Crippen LogP contribution in [-0.2, 0) is 10.0 Å². The standard InChI is InChI=1S/C27H28N2O5S/c1-17-7-10-23-22(13-17)28-27(30)21-15-26(35(31,32)29-11-5-4-6-12-29)25(16-24(21)34-23)33-20-9-8-18(2)19(3)14-20/h7-10,13-16H,4-6,11-12H2,1-3H3,(H,28,30). The zero-order valence-corrected chi connectivity index (χ0v) is 20.9. The Kier molecular flexibility index (Phi) is 6.02. The Morgan fingerprint density at radius 3 is 2.40 bits per heavy atom. The number of benzene rings is 3. The summed E-state index contributed by atoms with van der Waals surface area (Å²) in [6.45, 7) is 6.77. The molecule has 5 rings (SSSR count). The van der Waals surface area contributed by atoms with Crippen LogP contribution in [0.5, 0.6) is 23.0 Å². The third-order valence-electron chi connectivity index (χ3n) is 6.53. The molecule has 0 radical (unpaired) electrons. The van der Waals surface area contributed by atoms with Gasteiger partial charge >= 0.3 is 0 Å². The summed E-state index contributed by atoms with van der Waals surface area (Å²) in [6, 6.07) is 14.0. The van der Waals surface area contributed by atoms with Gasteiger partial charge in [-0.2, -0.15) is 4.31 Å². The second kappa shape index (κ2) is 9.02. The van der Waals surface area contributed by atoms with Gasteiger partial charge in [0.1, 0.15) is 16.4 Å². The Balaban J connectivity index is 1.65. The molecule has 0 atom stereocenters. The number of carbonyl (C=O) groups is 1. The lowest BCUT2D eigenvalue weighted by Gasteiger charge is -2.27. The first kappa shape index (κ1) is 23.4. The predicted molar refractivity (Wildman–Crippen MR) is 134 cm³/mol. The van der Waals surface area contributed by atoms with Gasteiger partial charge < -0.3 is 14.8 Å². The molecule has 8 heteroatoms. The minimum atomic E-state index is -3.90. The molecule has 0 aromatic heterocycles. The van der Waals surface area contributed by atoms with E-state index in [1.807, 2.05) is 45.0 Å². The lowest BCUT2D eigenvalue weighted by Crippen LogP contribution is -2.35. The molecule has 0 bridgehead atoms. The second-order valence-corrected chi connectivity index (χ2v) is 11.1. The van der Waals surface area contributed by atoms with Crippen LogP contribution in [0.15, 0.2) is 53.4 Å². The van der Waals surface area contributed by atoms with Gasteiger partial charge in [-0.25, -0.2) is 8.42 Å². The molecule has 3 aromatic carbocycles. The van der Waals surface area contributed by atoms with E-state index in [0.717, 1.165) is 36.0 Å². The van der Waals surface area contributed by atoms with E-state index in [1.54, 1.807) is 12.1 Å². The molecule has 7 nitrogen and oxygen atoms in total. The Hall–Kier alpha value is -3.36. The van der Waals surface area contributed by atoms with Crippen LogP contribution in [0.25, 0.3) is 0 Å². The van der Waals surface area contributed by atoms with Crippen molar-refractivity contribution < 1.29 is 22.7 Å². The normalized spacial score (nSPS) is 15.9. The lowest BCUT2D eigenvalue weighted by atomic mass is 10.1. The number of sulfonamides is 1. The molecule has 1 fully saturated rings. The Morgan fingerprint density at radius 2 is 1.66 bits per heavy atom. The minimum Gasteiger partial charge on any atom is -0.456 e. The summed E-state index contributed by atoms with van der Waals surface area (Å²) in [7, 11) is -3.90. The fraction of sp³-hybridized carbons (Fsp3) is 0.296. The third-order valence-corrected chi connectivity index (χ3v) is 8.45. The highest BCUT2D eigenvalue weighted by Crippen LogP contribution is 2.42. The van der Waals surface area contributed by atoms with E-state index in [-0.39, 0.29) is 22.0 Å². The van der Waals surface area contributed by atoms with Crippen LogP contribution in [0.1, 0.15) is 46.3 Å². The van der Waals surface area contributed by atoms with E-state index in [1.165, 1.54) is 16.4 Å². The largest absolute Gasteiger partial charge is 0.456 e. The lowest BCUT2D eigenvalue weighted by molar-refractivity contribution is 0.102. The summed E-state index contributed by atoms with van der Waals surface area (Å²) in [5.41, 5.74) is 3.76.